The molecule has 0 aromatic carbocycles. The molecule has 0 saturated heterocycles. The minimum atomic E-state index is 0.617. The van der Waals surface area contributed by atoms with E-state index in [9.17, 15) is 0 Å². The first-order valence-electron chi connectivity index (χ1n) is 5.82. The van der Waals surface area contributed by atoms with Crippen molar-refractivity contribution in [3.8, 4) is 0 Å². The minimum Gasteiger partial charge on any atom is -0.379 e. The zero-order chi connectivity index (χ0) is 11.1. The molecule has 15 heavy (non-hydrogen) atoms. The highest BCUT2D eigenvalue weighted by Gasteiger charge is 2.20. The normalized spacial score (nSPS) is 16.8. The van der Waals surface area contributed by atoms with Crippen LogP contribution in [-0.4, -0.2) is 44.2 Å². The zero-order valence-electron chi connectivity index (χ0n) is 9.91. The van der Waals surface area contributed by atoms with Crippen molar-refractivity contribution in [2.24, 2.45) is 16.6 Å². The van der Waals surface area contributed by atoms with Crippen LogP contribution in [0.3, 0.4) is 0 Å². The first-order valence-corrected chi connectivity index (χ1v) is 5.82. The van der Waals surface area contributed by atoms with Crippen LogP contribution >= 0.6 is 0 Å². The van der Waals surface area contributed by atoms with Crippen molar-refractivity contribution in [1.29, 1.82) is 0 Å². The van der Waals surface area contributed by atoms with Crippen LogP contribution in [0.2, 0.25) is 0 Å². The van der Waals surface area contributed by atoms with E-state index in [0.717, 1.165) is 38.6 Å². The predicted octanol–water partition coefficient (Wildman–Crippen LogP) is 1.07. The Balaban J connectivity index is 2.02. The van der Waals surface area contributed by atoms with Crippen molar-refractivity contribution >= 4 is 5.96 Å². The highest BCUT2D eigenvalue weighted by Crippen LogP contribution is 2.28. The molecule has 0 spiro atoms. The zero-order valence-corrected chi connectivity index (χ0v) is 9.91. The third-order valence-corrected chi connectivity index (χ3v) is 2.51. The van der Waals surface area contributed by atoms with E-state index in [1.807, 2.05) is 11.9 Å². The molecule has 0 amide bonds. The lowest BCUT2D eigenvalue weighted by Crippen LogP contribution is -2.36. The highest BCUT2D eigenvalue weighted by molar-refractivity contribution is 5.77. The van der Waals surface area contributed by atoms with E-state index in [0.29, 0.717) is 5.96 Å². The van der Waals surface area contributed by atoms with Gasteiger partial charge in [0.25, 0.3) is 0 Å². The van der Waals surface area contributed by atoms with Gasteiger partial charge in [0.05, 0.1) is 6.61 Å². The van der Waals surface area contributed by atoms with Gasteiger partial charge in [0, 0.05) is 26.7 Å². The predicted molar refractivity (Wildman–Crippen MR) is 63.0 cm³/mol. The molecule has 1 aliphatic rings. The number of likely N-dealkylation sites (N-methyl/N-ethyl adjacent to an activating group) is 1. The molecule has 4 heteroatoms. The topological polar surface area (TPSA) is 50.8 Å². The number of guanidine groups is 1. The van der Waals surface area contributed by atoms with Gasteiger partial charge in [-0.1, -0.05) is 6.92 Å². The van der Waals surface area contributed by atoms with E-state index >= 15 is 0 Å². The number of nitrogens with two attached hydrogens (primary N) is 1. The maximum atomic E-state index is 5.78. The number of hydrogen-bond acceptors (Lipinski definition) is 2. The van der Waals surface area contributed by atoms with Crippen LogP contribution in [-0.2, 0) is 4.74 Å². The number of nitrogens with zero attached hydrogens (tertiary/aromatic N) is 2. The third kappa shape index (κ3) is 5.62. The van der Waals surface area contributed by atoms with Crippen LogP contribution in [0.4, 0.5) is 0 Å². The van der Waals surface area contributed by atoms with Crippen LogP contribution in [0.15, 0.2) is 4.99 Å². The van der Waals surface area contributed by atoms with Crippen LogP contribution in [0.1, 0.15) is 26.2 Å². The van der Waals surface area contributed by atoms with Gasteiger partial charge < -0.3 is 15.4 Å². The van der Waals surface area contributed by atoms with Gasteiger partial charge in [0.1, 0.15) is 0 Å². The van der Waals surface area contributed by atoms with E-state index < -0.39 is 0 Å². The second-order valence-corrected chi connectivity index (χ2v) is 4.18. The first-order chi connectivity index (χ1) is 7.24. The van der Waals surface area contributed by atoms with Gasteiger partial charge >= 0.3 is 0 Å². The number of aliphatic imine (C=N–C) groups is 1. The fraction of sp³-hybridized carbons (Fsp3) is 0.909. The Morgan fingerprint density at radius 3 is 2.87 bits per heavy atom. The van der Waals surface area contributed by atoms with E-state index in [1.54, 1.807) is 0 Å². The molecule has 1 fully saturated rings. The molecule has 0 bridgehead atoms. The van der Waals surface area contributed by atoms with Crippen LogP contribution in [0.5, 0.6) is 0 Å². The molecule has 2 N–H and O–H groups in total. The molecule has 0 unspecified atom stereocenters. The molecule has 4 nitrogen and oxygen atoms in total. The average molecular weight is 213 g/mol. The molecular formula is C11H23N3O. The van der Waals surface area contributed by atoms with Gasteiger partial charge in [-0.2, -0.15) is 0 Å². The SMILES string of the molecule is CCCN=C(N)N(C)CCOCC1CC1. The molecule has 88 valence electrons. The summed E-state index contributed by atoms with van der Waals surface area (Å²) in [4.78, 5) is 6.18. The van der Waals surface area contributed by atoms with Gasteiger partial charge in [-0.3, -0.25) is 4.99 Å². The Labute approximate surface area is 92.5 Å². The molecule has 0 aromatic rings. The maximum Gasteiger partial charge on any atom is 0.191 e. The summed E-state index contributed by atoms with van der Waals surface area (Å²) in [6.07, 6.45) is 3.72. The van der Waals surface area contributed by atoms with Crippen LogP contribution in [0.25, 0.3) is 0 Å². The van der Waals surface area contributed by atoms with Crippen LogP contribution in [0, 0.1) is 5.92 Å². The fourth-order valence-corrected chi connectivity index (χ4v) is 1.20. The number of ether oxygens (including phenoxy) is 1. The number of hydrogen-bond donors (Lipinski definition) is 1. The lowest BCUT2D eigenvalue weighted by atomic mass is 10.5. The Hall–Kier alpha value is -0.770. The van der Waals surface area contributed by atoms with Gasteiger partial charge in [-0.25, -0.2) is 0 Å². The first kappa shape index (κ1) is 12.3. The summed E-state index contributed by atoms with van der Waals surface area (Å²) in [6, 6.07) is 0. The summed E-state index contributed by atoms with van der Waals surface area (Å²) in [5, 5.41) is 0. The minimum absolute atomic E-state index is 0.617. The summed E-state index contributed by atoms with van der Waals surface area (Å²) in [7, 11) is 1.95. The standard InChI is InChI=1S/C11H23N3O/c1-3-6-13-11(12)14(2)7-8-15-9-10-4-5-10/h10H,3-9H2,1-2H3,(H2,12,13). The van der Waals surface area contributed by atoms with Crippen molar-refractivity contribution in [2.45, 2.75) is 26.2 Å². The second-order valence-electron chi connectivity index (χ2n) is 4.18. The third-order valence-electron chi connectivity index (χ3n) is 2.51. The van der Waals surface area contributed by atoms with Crippen molar-refractivity contribution in [1.82, 2.24) is 4.90 Å². The van der Waals surface area contributed by atoms with E-state index in [2.05, 4.69) is 11.9 Å². The summed E-state index contributed by atoms with van der Waals surface area (Å²) in [5.41, 5.74) is 5.78. The molecular weight excluding hydrogens is 190 g/mol. The molecule has 0 heterocycles. The monoisotopic (exact) mass is 213 g/mol. The summed E-state index contributed by atoms with van der Waals surface area (Å²) in [6.45, 7) is 5.38. The lowest BCUT2D eigenvalue weighted by Gasteiger charge is -2.17. The average Bonchev–Trinajstić information content (AvgIpc) is 3.04. The molecule has 1 saturated carbocycles. The Morgan fingerprint density at radius 1 is 1.53 bits per heavy atom. The molecule has 0 radical (unpaired) electrons. The summed E-state index contributed by atoms with van der Waals surface area (Å²) >= 11 is 0. The summed E-state index contributed by atoms with van der Waals surface area (Å²) < 4.78 is 5.53. The van der Waals surface area contributed by atoms with Crippen LogP contribution < -0.4 is 5.73 Å². The lowest BCUT2D eigenvalue weighted by molar-refractivity contribution is 0.115. The Kier molecular flexibility index (Phi) is 5.47. The smallest absolute Gasteiger partial charge is 0.191 e. The second kappa shape index (κ2) is 6.67. The van der Waals surface area contributed by atoms with E-state index in [1.165, 1.54) is 12.8 Å². The largest absolute Gasteiger partial charge is 0.379 e. The van der Waals surface area contributed by atoms with E-state index in [-0.39, 0.29) is 0 Å². The van der Waals surface area contributed by atoms with Crippen molar-refractivity contribution in [3.05, 3.63) is 0 Å². The Bertz CT molecular complexity index is 202. The summed E-state index contributed by atoms with van der Waals surface area (Å²) in [5.74, 6) is 1.45. The van der Waals surface area contributed by atoms with Gasteiger partial charge in [0.2, 0.25) is 0 Å². The molecule has 0 atom stereocenters. The Morgan fingerprint density at radius 2 is 2.27 bits per heavy atom. The van der Waals surface area contributed by atoms with Crippen molar-refractivity contribution in [2.75, 3.05) is 33.4 Å². The van der Waals surface area contributed by atoms with Gasteiger partial charge in [-0.15, -0.1) is 0 Å². The molecule has 1 aliphatic carbocycles. The van der Waals surface area contributed by atoms with Gasteiger partial charge in [-0.05, 0) is 25.2 Å². The maximum absolute atomic E-state index is 5.78. The van der Waals surface area contributed by atoms with Crippen molar-refractivity contribution in [3.63, 3.8) is 0 Å². The van der Waals surface area contributed by atoms with E-state index in [4.69, 9.17) is 10.5 Å². The molecule has 0 aliphatic heterocycles. The van der Waals surface area contributed by atoms with Gasteiger partial charge in [0.15, 0.2) is 5.96 Å². The molecule has 0 aromatic heterocycles. The number of rotatable bonds is 7. The molecule has 1 rings (SSSR count). The quantitative estimate of drug-likeness (QED) is 0.391. The fourth-order valence-electron chi connectivity index (χ4n) is 1.20. The van der Waals surface area contributed by atoms with Crippen molar-refractivity contribution < 1.29 is 4.74 Å². The highest BCUT2D eigenvalue weighted by atomic mass is 16.5.